The van der Waals surface area contributed by atoms with Gasteiger partial charge in [0.05, 0.1) is 17.9 Å². The summed E-state index contributed by atoms with van der Waals surface area (Å²) in [6, 6.07) is 0. The lowest BCUT2D eigenvalue weighted by Gasteiger charge is -2.20. The number of carbonyl (C=O) groups is 3. The van der Waals surface area contributed by atoms with Gasteiger partial charge in [-0.2, -0.15) is 0 Å². The van der Waals surface area contributed by atoms with Crippen molar-refractivity contribution >= 4 is 17.7 Å². The van der Waals surface area contributed by atoms with Crippen LogP contribution in [0, 0.1) is 10.8 Å². The molecule has 0 unspecified atom stereocenters. The third kappa shape index (κ3) is 10.3. The number of rotatable bonds is 14. The molecule has 5 heteroatoms. The first-order valence-corrected chi connectivity index (χ1v) is 9.36. The quantitative estimate of drug-likeness (QED) is 0.358. The van der Waals surface area contributed by atoms with Crippen LogP contribution in [0.3, 0.4) is 0 Å². The van der Waals surface area contributed by atoms with Gasteiger partial charge in [-0.05, 0) is 53.4 Å². The SMILES string of the molecule is COC(=O)C(C)(C)CCCCCC(=O)CCCCCC(C)(C)C(=O)O. The maximum absolute atomic E-state index is 11.9. The Morgan fingerprint density at radius 3 is 1.60 bits per heavy atom. The highest BCUT2D eigenvalue weighted by Crippen LogP contribution is 2.26. The van der Waals surface area contributed by atoms with Gasteiger partial charge in [-0.3, -0.25) is 14.4 Å². The number of ketones is 1. The molecule has 0 aliphatic rings. The van der Waals surface area contributed by atoms with Gasteiger partial charge in [-0.15, -0.1) is 0 Å². The van der Waals surface area contributed by atoms with Gasteiger partial charge in [-0.25, -0.2) is 0 Å². The van der Waals surface area contributed by atoms with E-state index >= 15 is 0 Å². The number of Topliss-reactive ketones (excluding diaryl/α,β-unsaturated/α-hetero) is 1. The Morgan fingerprint density at radius 2 is 1.20 bits per heavy atom. The van der Waals surface area contributed by atoms with Crippen molar-refractivity contribution in [2.24, 2.45) is 10.8 Å². The second-order valence-electron chi connectivity index (χ2n) is 8.22. The largest absolute Gasteiger partial charge is 0.481 e. The Balaban J connectivity index is 3.69. The molecule has 0 atom stereocenters. The molecule has 0 rings (SSSR count). The Morgan fingerprint density at radius 1 is 0.760 bits per heavy atom. The van der Waals surface area contributed by atoms with Crippen molar-refractivity contribution in [1.82, 2.24) is 0 Å². The molecule has 5 nitrogen and oxygen atoms in total. The van der Waals surface area contributed by atoms with Crippen molar-refractivity contribution in [2.75, 3.05) is 7.11 Å². The molecule has 0 aliphatic heterocycles. The molecule has 0 saturated carbocycles. The fourth-order valence-corrected chi connectivity index (χ4v) is 2.74. The van der Waals surface area contributed by atoms with Gasteiger partial charge in [0.1, 0.15) is 5.78 Å². The number of esters is 1. The normalized spacial score (nSPS) is 12.0. The molecule has 146 valence electrons. The van der Waals surface area contributed by atoms with Gasteiger partial charge in [0.15, 0.2) is 0 Å². The molecule has 0 aromatic rings. The van der Waals surface area contributed by atoms with Crippen molar-refractivity contribution in [3.05, 3.63) is 0 Å². The zero-order valence-corrected chi connectivity index (χ0v) is 16.7. The van der Waals surface area contributed by atoms with Crippen LogP contribution in [0.2, 0.25) is 0 Å². The second-order valence-corrected chi connectivity index (χ2v) is 8.22. The zero-order valence-electron chi connectivity index (χ0n) is 16.7. The minimum Gasteiger partial charge on any atom is -0.481 e. The lowest BCUT2D eigenvalue weighted by molar-refractivity contribution is -0.151. The first kappa shape index (κ1) is 23.6. The van der Waals surface area contributed by atoms with E-state index in [1.54, 1.807) is 13.8 Å². The van der Waals surface area contributed by atoms with E-state index in [1.807, 2.05) is 13.8 Å². The minimum atomic E-state index is -0.765. The lowest BCUT2D eigenvalue weighted by atomic mass is 9.86. The van der Waals surface area contributed by atoms with Crippen molar-refractivity contribution in [3.8, 4) is 0 Å². The van der Waals surface area contributed by atoms with Crippen molar-refractivity contribution in [3.63, 3.8) is 0 Å². The third-order valence-electron chi connectivity index (χ3n) is 4.83. The first-order chi connectivity index (χ1) is 11.5. The number of hydrogen-bond acceptors (Lipinski definition) is 4. The Hall–Kier alpha value is -1.39. The number of aliphatic carboxylic acids is 1. The molecule has 0 aromatic heterocycles. The van der Waals surface area contributed by atoms with Crippen LogP contribution in [-0.2, 0) is 19.1 Å². The number of carboxylic acid groups (broad SMARTS) is 1. The fraction of sp³-hybridized carbons (Fsp3) is 0.850. The summed E-state index contributed by atoms with van der Waals surface area (Å²) in [5.74, 6) is -0.668. The van der Waals surface area contributed by atoms with Crippen LogP contribution in [0.15, 0.2) is 0 Å². The number of ether oxygens (including phenoxy) is 1. The van der Waals surface area contributed by atoms with Crippen LogP contribution in [0.25, 0.3) is 0 Å². The standard InChI is InChI=1S/C20H36O5/c1-19(2,17(22)23)14-10-6-8-12-16(21)13-9-7-11-15-20(3,4)18(24)25-5/h6-15H2,1-5H3,(H,22,23). The summed E-state index contributed by atoms with van der Waals surface area (Å²) in [6.07, 6.45) is 7.90. The predicted octanol–water partition coefficient (Wildman–Crippen LogP) is 4.77. The highest BCUT2D eigenvalue weighted by atomic mass is 16.5. The molecular formula is C20H36O5. The summed E-state index contributed by atoms with van der Waals surface area (Å²) in [4.78, 5) is 34.4. The summed E-state index contributed by atoms with van der Waals surface area (Å²) in [6.45, 7) is 7.25. The summed E-state index contributed by atoms with van der Waals surface area (Å²) in [5, 5.41) is 9.04. The minimum absolute atomic E-state index is 0.186. The number of methoxy groups -OCH3 is 1. The molecule has 0 spiro atoms. The molecular weight excluding hydrogens is 320 g/mol. The van der Waals surface area contributed by atoms with Crippen molar-refractivity contribution < 1.29 is 24.2 Å². The predicted molar refractivity (Wildman–Crippen MR) is 98.4 cm³/mol. The molecule has 0 amide bonds. The summed E-state index contributed by atoms with van der Waals surface area (Å²) >= 11 is 0. The first-order valence-electron chi connectivity index (χ1n) is 9.36. The lowest BCUT2D eigenvalue weighted by Crippen LogP contribution is -2.25. The number of carbonyl (C=O) groups excluding carboxylic acids is 2. The van der Waals surface area contributed by atoms with Gasteiger partial charge in [0.25, 0.3) is 0 Å². The average Bonchev–Trinajstić information content (AvgIpc) is 2.52. The molecule has 0 saturated heterocycles. The number of unbranched alkanes of at least 4 members (excludes halogenated alkanes) is 4. The Labute approximate surface area is 152 Å². The van der Waals surface area contributed by atoms with Gasteiger partial charge >= 0.3 is 11.9 Å². The number of carboxylic acids is 1. The van der Waals surface area contributed by atoms with E-state index in [2.05, 4.69) is 0 Å². The van der Waals surface area contributed by atoms with Gasteiger partial charge < -0.3 is 9.84 Å². The Kier molecular flexibility index (Phi) is 10.6. The molecule has 0 bridgehead atoms. The smallest absolute Gasteiger partial charge is 0.311 e. The maximum Gasteiger partial charge on any atom is 0.311 e. The van der Waals surface area contributed by atoms with E-state index in [0.717, 1.165) is 44.9 Å². The van der Waals surface area contributed by atoms with Gasteiger partial charge in [0.2, 0.25) is 0 Å². The molecule has 0 aliphatic carbocycles. The van der Waals surface area contributed by atoms with E-state index < -0.39 is 16.8 Å². The number of hydrogen-bond donors (Lipinski definition) is 1. The molecule has 0 heterocycles. The molecule has 0 fully saturated rings. The van der Waals surface area contributed by atoms with Crippen molar-refractivity contribution in [2.45, 2.75) is 91.9 Å². The van der Waals surface area contributed by atoms with E-state index in [4.69, 9.17) is 9.84 Å². The molecule has 1 N–H and O–H groups in total. The van der Waals surface area contributed by atoms with Gasteiger partial charge in [0, 0.05) is 12.8 Å². The van der Waals surface area contributed by atoms with Crippen molar-refractivity contribution in [1.29, 1.82) is 0 Å². The van der Waals surface area contributed by atoms with Crippen LogP contribution < -0.4 is 0 Å². The summed E-state index contributed by atoms with van der Waals surface area (Å²) in [7, 11) is 1.41. The Bertz CT molecular complexity index is 437. The monoisotopic (exact) mass is 356 g/mol. The van der Waals surface area contributed by atoms with Crippen LogP contribution >= 0.6 is 0 Å². The zero-order chi connectivity index (χ0) is 19.5. The van der Waals surface area contributed by atoms with Gasteiger partial charge in [-0.1, -0.05) is 25.7 Å². The third-order valence-corrected chi connectivity index (χ3v) is 4.83. The average molecular weight is 357 g/mol. The summed E-state index contributed by atoms with van der Waals surface area (Å²) < 4.78 is 4.78. The molecule has 25 heavy (non-hydrogen) atoms. The second kappa shape index (κ2) is 11.3. The van der Waals surface area contributed by atoms with E-state index in [-0.39, 0.29) is 11.8 Å². The molecule has 0 radical (unpaired) electrons. The van der Waals surface area contributed by atoms with Crippen LogP contribution in [-0.4, -0.2) is 29.9 Å². The van der Waals surface area contributed by atoms with Crippen LogP contribution in [0.5, 0.6) is 0 Å². The highest BCUT2D eigenvalue weighted by Gasteiger charge is 2.27. The van der Waals surface area contributed by atoms with E-state index in [9.17, 15) is 14.4 Å². The van der Waals surface area contributed by atoms with Crippen LogP contribution in [0.4, 0.5) is 0 Å². The van der Waals surface area contributed by atoms with E-state index in [0.29, 0.717) is 19.3 Å². The maximum atomic E-state index is 11.9. The summed E-state index contributed by atoms with van der Waals surface area (Å²) in [5.41, 5.74) is -1.13. The molecule has 0 aromatic carbocycles. The fourth-order valence-electron chi connectivity index (χ4n) is 2.74. The highest BCUT2D eigenvalue weighted by molar-refractivity contribution is 5.78. The topological polar surface area (TPSA) is 80.7 Å². The van der Waals surface area contributed by atoms with Crippen LogP contribution in [0.1, 0.15) is 91.9 Å². The van der Waals surface area contributed by atoms with E-state index in [1.165, 1.54) is 7.11 Å².